The Balaban J connectivity index is 2.19. The summed E-state index contributed by atoms with van der Waals surface area (Å²) in [5.41, 5.74) is 7.05. The largest absolute Gasteiger partial charge is 0.444 e. The third-order valence-corrected chi connectivity index (χ3v) is 4.83. The molecule has 26 heavy (non-hydrogen) atoms. The lowest BCUT2D eigenvalue weighted by atomic mass is 9.89. The summed E-state index contributed by atoms with van der Waals surface area (Å²) in [6.45, 7) is 8.49. The summed E-state index contributed by atoms with van der Waals surface area (Å²) in [5.74, 6) is -0.0356. The van der Waals surface area contributed by atoms with Crippen LogP contribution in [0.4, 0.5) is 4.79 Å². The maximum atomic E-state index is 12.3. The van der Waals surface area contributed by atoms with E-state index in [0.29, 0.717) is 29.5 Å². The average Bonchev–Trinajstić information content (AvgIpc) is 2.59. The quantitative estimate of drug-likeness (QED) is 0.487. The highest BCUT2D eigenvalue weighted by molar-refractivity contribution is 7.98. The van der Waals surface area contributed by atoms with Crippen molar-refractivity contribution >= 4 is 23.6 Å². The van der Waals surface area contributed by atoms with Crippen LogP contribution in [0.2, 0.25) is 0 Å². The second-order valence-corrected chi connectivity index (χ2v) is 8.20. The number of aryl methyl sites for hydroxylation is 1. The molecule has 0 spiro atoms. The van der Waals surface area contributed by atoms with E-state index < -0.39 is 5.60 Å². The number of carbonyl (C=O) groups is 2. The molecule has 1 aliphatic rings. The first-order valence-corrected chi connectivity index (χ1v) is 10.0. The number of Topliss-reactive ketones (excluding diaryl/α,β-unsaturated/α-hetero) is 1. The van der Waals surface area contributed by atoms with E-state index in [-0.39, 0.29) is 24.3 Å². The van der Waals surface area contributed by atoms with Crippen molar-refractivity contribution in [1.29, 1.82) is 0 Å². The predicted molar refractivity (Wildman–Crippen MR) is 102 cm³/mol. The molecule has 1 aromatic rings. The monoisotopic (exact) mass is 380 g/mol. The zero-order valence-electron chi connectivity index (χ0n) is 16.2. The molecule has 8 heteroatoms. The highest BCUT2D eigenvalue weighted by atomic mass is 32.2. The third-order valence-electron chi connectivity index (χ3n) is 4.28. The highest BCUT2D eigenvalue weighted by Crippen LogP contribution is 2.32. The maximum Gasteiger partial charge on any atom is 0.410 e. The van der Waals surface area contributed by atoms with Crippen LogP contribution < -0.4 is 5.73 Å². The van der Waals surface area contributed by atoms with Gasteiger partial charge in [-0.2, -0.15) is 0 Å². The van der Waals surface area contributed by atoms with Crippen LogP contribution in [0.25, 0.3) is 0 Å². The van der Waals surface area contributed by atoms with Crippen LogP contribution in [-0.2, 0) is 4.74 Å². The molecule has 2 heterocycles. The molecule has 1 aliphatic heterocycles. The van der Waals surface area contributed by atoms with Crippen LogP contribution in [-0.4, -0.2) is 58.2 Å². The Morgan fingerprint density at radius 1 is 1.27 bits per heavy atom. The molecule has 1 amide bonds. The molecule has 0 saturated carbocycles. The van der Waals surface area contributed by atoms with Crippen LogP contribution in [0.1, 0.15) is 61.3 Å². The second-order valence-electron chi connectivity index (χ2n) is 7.42. The number of hydrogen-bond acceptors (Lipinski definition) is 7. The number of hydrogen-bond donors (Lipinski definition) is 1. The molecule has 7 nitrogen and oxygen atoms in total. The summed E-state index contributed by atoms with van der Waals surface area (Å²) >= 11 is 1.45. The minimum atomic E-state index is -0.508. The van der Waals surface area contributed by atoms with E-state index in [1.165, 1.54) is 11.8 Å². The van der Waals surface area contributed by atoms with Gasteiger partial charge in [-0.1, -0.05) is 11.8 Å². The van der Waals surface area contributed by atoms with Crippen LogP contribution in [0.15, 0.2) is 5.16 Å². The molecule has 0 bridgehead atoms. The maximum absolute atomic E-state index is 12.3. The number of thioether (sulfide) groups is 1. The normalized spacial score (nSPS) is 15.8. The smallest absolute Gasteiger partial charge is 0.410 e. The minimum absolute atomic E-state index is 0.0629. The van der Waals surface area contributed by atoms with Crippen molar-refractivity contribution in [2.24, 2.45) is 5.73 Å². The number of nitrogens with two attached hydrogens (primary N) is 1. The zero-order valence-corrected chi connectivity index (χ0v) is 17.0. The van der Waals surface area contributed by atoms with Gasteiger partial charge in [0.1, 0.15) is 5.60 Å². The van der Waals surface area contributed by atoms with E-state index in [2.05, 4.69) is 9.97 Å². The van der Waals surface area contributed by atoms with Crippen molar-refractivity contribution in [2.45, 2.75) is 57.2 Å². The molecular formula is C18H28N4O3S. The molecule has 0 radical (unpaired) electrons. The molecule has 2 N–H and O–H groups in total. The Hall–Kier alpha value is -1.67. The summed E-state index contributed by atoms with van der Waals surface area (Å²) in [6, 6.07) is 0. The minimum Gasteiger partial charge on any atom is -0.444 e. The van der Waals surface area contributed by atoms with Crippen molar-refractivity contribution < 1.29 is 14.3 Å². The fraction of sp³-hybridized carbons (Fsp3) is 0.667. The van der Waals surface area contributed by atoms with E-state index in [9.17, 15) is 9.59 Å². The van der Waals surface area contributed by atoms with E-state index in [4.69, 9.17) is 10.5 Å². The van der Waals surface area contributed by atoms with Crippen LogP contribution in [0.5, 0.6) is 0 Å². The number of rotatable bonds is 4. The summed E-state index contributed by atoms with van der Waals surface area (Å²) in [5, 5.41) is 0.653. The average molecular weight is 381 g/mol. The van der Waals surface area contributed by atoms with E-state index >= 15 is 0 Å². The van der Waals surface area contributed by atoms with Gasteiger partial charge >= 0.3 is 6.09 Å². The predicted octanol–water partition coefficient (Wildman–Crippen LogP) is 2.76. The summed E-state index contributed by atoms with van der Waals surface area (Å²) in [6.07, 6.45) is 3.08. The standard InChI is InChI=1S/C18H28N4O3S/c1-11-14(13(23)10-19)15(21-16(20-11)26-5)12-6-8-22(9-7-12)17(24)25-18(2,3)4/h12H,6-10,19H2,1-5H3. The third kappa shape index (κ3) is 4.94. The first-order valence-electron chi connectivity index (χ1n) is 8.80. The lowest BCUT2D eigenvalue weighted by Crippen LogP contribution is -2.41. The molecule has 0 aromatic carbocycles. The number of piperidine rings is 1. The van der Waals surface area contributed by atoms with Gasteiger partial charge in [0.15, 0.2) is 10.9 Å². The zero-order chi connectivity index (χ0) is 19.5. The summed E-state index contributed by atoms with van der Waals surface area (Å²) in [7, 11) is 0. The van der Waals surface area contributed by atoms with E-state index in [1.54, 1.807) is 4.90 Å². The number of amides is 1. The Bertz CT molecular complexity index is 680. The van der Waals surface area contributed by atoms with Gasteiger partial charge in [0.25, 0.3) is 0 Å². The van der Waals surface area contributed by atoms with Crippen molar-refractivity contribution in [1.82, 2.24) is 14.9 Å². The first-order chi connectivity index (χ1) is 12.2. The molecule has 1 aromatic heterocycles. The van der Waals surface area contributed by atoms with Gasteiger partial charge < -0.3 is 15.4 Å². The molecular weight excluding hydrogens is 352 g/mol. The van der Waals surface area contributed by atoms with Gasteiger partial charge in [-0.3, -0.25) is 4.79 Å². The van der Waals surface area contributed by atoms with Crippen molar-refractivity contribution in [3.63, 3.8) is 0 Å². The van der Waals surface area contributed by atoms with Crippen LogP contribution in [0.3, 0.4) is 0 Å². The Labute approximate surface area is 159 Å². The summed E-state index contributed by atoms with van der Waals surface area (Å²) < 4.78 is 5.44. The summed E-state index contributed by atoms with van der Waals surface area (Å²) in [4.78, 5) is 35.3. The topological polar surface area (TPSA) is 98.4 Å². The molecule has 1 fully saturated rings. The Kier molecular flexibility index (Phi) is 6.63. The molecule has 0 atom stereocenters. The number of ether oxygens (including phenoxy) is 1. The van der Waals surface area contributed by atoms with Crippen LogP contribution >= 0.6 is 11.8 Å². The number of ketones is 1. The molecule has 2 rings (SSSR count). The van der Waals surface area contributed by atoms with Gasteiger partial charge in [0, 0.05) is 19.0 Å². The number of likely N-dealkylation sites (tertiary alicyclic amines) is 1. The second kappa shape index (κ2) is 8.35. The molecule has 0 unspecified atom stereocenters. The Morgan fingerprint density at radius 2 is 1.88 bits per heavy atom. The van der Waals surface area contributed by atoms with Gasteiger partial charge in [-0.05, 0) is 46.8 Å². The fourth-order valence-electron chi connectivity index (χ4n) is 3.06. The Morgan fingerprint density at radius 3 is 2.38 bits per heavy atom. The number of carbonyl (C=O) groups excluding carboxylic acids is 2. The van der Waals surface area contributed by atoms with Gasteiger partial charge in [-0.15, -0.1) is 0 Å². The van der Waals surface area contributed by atoms with Gasteiger partial charge in [-0.25, -0.2) is 14.8 Å². The van der Waals surface area contributed by atoms with Gasteiger partial charge in [0.2, 0.25) is 0 Å². The molecule has 144 valence electrons. The first kappa shape index (κ1) is 20.6. The fourth-order valence-corrected chi connectivity index (χ4v) is 3.48. The van der Waals surface area contributed by atoms with Crippen molar-refractivity contribution in [3.05, 3.63) is 17.0 Å². The van der Waals surface area contributed by atoms with Crippen LogP contribution in [0, 0.1) is 6.92 Å². The van der Waals surface area contributed by atoms with Crippen molar-refractivity contribution in [3.8, 4) is 0 Å². The molecule has 1 saturated heterocycles. The van der Waals surface area contributed by atoms with E-state index in [0.717, 1.165) is 18.5 Å². The lowest BCUT2D eigenvalue weighted by Gasteiger charge is -2.33. The number of nitrogens with zero attached hydrogens (tertiary/aromatic N) is 3. The van der Waals surface area contributed by atoms with Crippen molar-refractivity contribution in [2.75, 3.05) is 25.9 Å². The van der Waals surface area contributed by atoms with E-state index in [1.807, 2.05) is 34.0 Å². The number of aromatic nitrogens is 2. The SMILES string of the molecule is CSc1nc(C)c(C(=O)CN)c(C2CCN(C(=O)OC(C)(C)C)CC2)n1. The highest BCUT2D eigenvalue weighted by Gasteiger charge is 2.31. The molecule has 0 aliphatic carbocycles. The lowest BCUT2D eigenvalue weighted by molar-refractivity contribution is 0.0203. The van der Waals surface area contributed by atoms with Gasteiger partial charge in [0.05, 0.1) is 23.5 Å².